The minimum absolute atomic E-state index is 0.114. The maximum Gasteiger partial charge on any atom is 0.379 e. The fourth-order valence-electron chi connectivity index (χ4n) is 3.29. The molecule has 2 heterocycles. The summed E-state index contributed by atoms with van der Waals surface area (Å²) in [4.78, 5) is 31.0. The number of hydrogen-bond donors (Lipinski definition) is 1. The molecule has 2 aromatic carbocycles. The maximum absolute atomic E-state index is 13.4. The smallest absolute Gasteiger partial charge is 0.379 e. The number of carbonyl (C=O) groups is 2. The minimum Gasteiger partial charge on any atom is -0.441 e. The van der Waals surface area contributed by atoms with E-state index in [-0.39, 0.29) is 23.6 Å². The number of amides is 1. The Balaban J connectivity index is 1.47. The van der Waals surface area contributed by atoms with Crippen LogP contribution in [0.2, 0.25) is 0 Å². The summed E-state index contributed by atoms with van der Waals surface area (Å²) < 4.78 is 20.5. The first kappa shape index (κ1) is 21.0. The van der Waals surface area contributed by atoms with Gasteiger partial charge in [-0.15, -0.1) is 16.4 Å². The molecule has 0 radical (unpaired) electrons. The molecule has 4 aromatic rings. The normalized spacial score (nSPS) is 14.0. The molecule has 9 heteroatoms. The van der Waals surface area contributed by atoms with Gasteiger partial charge >= 0.3 is 5.97 Å². The van der Waals surface area contributed by atoms with Crippen LogP contribution in [-0.4, -0.2) is 32.7 Å². The molecule has 2 aromatic heterocycles. The largest absolute Gasteiger partial charge is 0.441 e. The Morgan fingerprint density at radius 1 is 1.06 bits per heavy atom. The van der Waals surface area contributed by atoms with E-state index in [4.69, 9.17) is 4.74 Å². The van der Waals surface area contributed by atoms with Gasteiger partial charge in [0.05, 0.1) is 10.6 Å². The van der Waals surface area contributed by atoms with E-state index in [2.05, 4.69) is 15.4 Å². The molecule has 1 N–H and O–H groups in total. The Morgan fingerprint density at radius 2 is 1.82 bits per heavy atom. The molecule has 1 unspecified atom stereocenters. The number of hydrogen-bond acceptors (Lipinski definition) is 6. The molecule has 1 aliphatic carbocycles. The van der Waals surface area contributed by atoms with Gasteiger partial charge in [-0.3, -0.25) is 4.79 Å². The number of halogens is 1. The summed E-state index contributed by atoms with van der Waals surface area (Å²) in [5.74, 6) is -1.37. The summed E-state index contributed by atoms with van der Waals surface area (Å²) in [5.41, 5.74) is 1.10. The van der Waals surface area contributed by atoms with E-state index in [0.717, 1.165) is 17.7 Å². The molecule has 0 spiro atoms. The van der Waals surface area contributed by atoms with Gasteiger partial charge in [-0.25, -0.2) is 13.9 Å². The highest BCUT2D eigenvalue weighted by Crippen LogP contribution is 2.27. The first-order valence-electron chi connectivity index (χ1n) is 10.4. The van der Waals surface area contributed by atoms with Crippen molar-refractivity contribution in [1.82, 2.24) is 20.1 Å². The summed E-state index contributed by atoms with van der Waals surface area (Å²) in [7, 11) is 0. The Labute approximate surface area is 192 Å². The molecule has 7 nitrogen and oxygen atoms in total. The molecule has 0 bridgehead atoms. The number of thiophene rings is 1. The van der Waals surface area contributed by atoms with Gasteiger partial charge in [0, 0.05) is 11.6 Å². The van der Waals surface area contributed by atoms with Crippen molar-refractivity contribution >= 4 is 23.2 Å². The number of ether oxygens (including phenoxy) is 1. The van der Waals surface area contributed by atoms with Crippen LogP contribution in [-0.2, 0) is 9.53 Å². The highest BCUT2D eigenvalue weighted by atomic mass is 32.1. The van der Waals surface area contributed by atoms with Crippen molar-refractivity contribution in [3.05, 3.63) is 89.3 Å². The van der Waals surface area contributed by atoms with Gasteiger partial charge in [0.25, 0.3) is 11.7 Å². The quantitative estimate of drug-likeness (QED) is 0.414. The number of nitrogens with one attached hydrogen (secondary N) is 1. The van der Waals surface area contributed by atoms with Crippen LogP contribution in [0.1, 0.15) is 35.1 Å². The van der Waals surface area contributed by atoms with Crippen molar-refractivity contribution in [3.63, 3.8) is 0 Å². The van der Waals surface area contributed by atoms with Crippen molar-refractivity contribution in [2.45, 2.75) is 25.0 Å². The molecule has 166 valence electrons. The maximum atomic E-state index is 13.4. The molecule has 33 heavy (non-hydrogen) atoms. The third kappa shape index (κ3) is 4.68. The molecular formula is C24H19FN4O3S. The van der Waals surface area contributed by atoms with E-state index < -0.39 is 12.1 Å². The second-order valence-electron chi connectivity index (χ2n) is 7.60. The zero-order valence-corrected chi connectivity index (χ0v) is 18.2. The lowest BCUT2D eigenvalue weighted by Crippen LogP contribution is -2.33. The summed E-state index contributed by atoms with van der Waals surface area (Å²) in [6.07, 6.45) is 0.701. The molecular weight excluding hydrogens is 443 g/mol. The van der Waals surface area contributed by atoms with Gasteiger partial charge in [-0.05, 0) is 48.6 Å². The predicted molar refractivity (Wildman–Crippen MR) is 120 cm³/mol. The lowest BCUT2D eigenvalue weighted by molar-refractivity contribution is -0.130. The predicted octanol–water partition coefficient (Wildman–Crippen LogP) is 4.31. The number of nitrogens with zero attached hydrogens (tertiary/aromatic N) is 3. The number of carbonyl (C=O) groups excluding carboxylic acids is 2. The lowest BCUT2D eigenvalue weighted by atomic mass is 10.1. The molecule has 1 fully saturated rings. The number of rotatable bonds is 7. The van der Waals surface area contributed by atoms with E-state index in [1.807, 2.05) is 23.6 Å². The Morgan fingerprint density at radius 3 is 2.48 bits per heavy atom. The van der Waals surface area contributed by atoms with Crippen LogP contribution in [0.4, 0.5) is 4.39 Å². The van der Waals surface area contributed by atoms with E-state index in [1.165, 1.54) is 28.2 Å². The average molecular weight is 463 g/mol. The summed E-state index contributed by atoms with van der Waals surface area (Å²) in [6, 6.07) is 18.4. The Bertz CT molecular complexity index is 1270. The molecule has 1 saturated carbocycles. The summed E-state index contributed by atoms with van der Waals surface area (Å²) in [5, 5.41) is 9.09. The van der Waals surface area contributed by atoms with Crippen LogP contribution in [0.5, 0.6) is 0 Å². The first-order chi connectivity index (χ1) is 16.1. The van der Waals surface area contributed by atoms with Crippen molar-refractivity contribution < 1.29 is 18.7 Å². The second-order valence-corrected chi connectivity index (χ2v) is 8.55. The summed E-state index contributed by atoms with van der Waals surface area (Å²) >= 11 is 1.43. The zero-order valence-electron chi connectivity index (χ0n) is 17.3. The lowest BCUT2D eigenvalue weighted by Gasteiger charge is -2.17. The van der Waals surface area contributed by atoms with Gasteiger partial charge in [0.2, 0.25) is 6.10 Å². The van der Waals surface area contributed by atoms with Crippen LogP contribution in [0.15, 0.2) is 72.1 Å². The average Bonchev–Trinajstić information content (AvgIpc) is 3.29. The van der Waals surface area contributed by atoms with E-state index >= 15 is 0 Å². The highest BCUT2D eigenvalue weighted by molar-refractivity contribution is 7.13. The Kier molecular flexibility index (Phi) is 5.70. The van der Waals surface area contributed by atoms with E-state index in [0.29, 0.717) is 17.1 Å². The molecule has 1 amide bonds. The zero-order chi connectivity index (χ0) is 22.8. The minimum atomic E-state index is -1.12. The van der Waals surface area contributed by atoms with Gasteiger partial charge in [-0.1, -0.05) is 36.4 Å². The van der Waals surface area contributed by atoms with Crippen LogP contribution in [0.3, 0.4) is 0 Å². The van der Waals surface area contributed by atoms with Crippen molar-refractivity contribution in [1.29, 1.82) is 0 Å². The Hall–Kier alpha value is -3.85. The third-order valence-electron chi connectivity index (χ3n) is 5.09. The summed E-state index contributed by atoms with van der Waals surface area (Å²) in [6.45, 7) is 0. The van der Waals surface area contributed by atoms with E-state index in [9.17, 15) is 14.0 Å². The monoisotopic (exact) mass is 462 g/mol. The molecule has 1 aliphatic rings. The SMILES string of the molecule is O=C(OC(C(=O)NC1CC1)c1ccccc1)c1nc(-c2cccs2)n(-c2ccc(F)cc2)n1. The molecule has 0 aliphatic heterocycles. The topological polar surface area (TPSA) is 86.1 Å². The molecule has 0 saturated heterocycles. The van der Waals surface area contributed by atoms with Crippen LogP contribution >= 0.6 is 11.3 Å². The fourth-order valence-corrected chi connectivity index (χ4v) is 3.99. The molecule has 1 atom stereocenters. The standard InChI is InChI=1S/C24H19FN4O3S/c25-16-8-12-18(13-9-16)29-22(19-7-4-14-33-19)27-21(28-29)24(31)32-20(15-5-2-1-3-6-15)23(30)26-17-10-11-17/h1-9,12-14,17,20H,10-11H2,(H,26,30). The first-order valence-corrected chi connectivity index (χ1v) is 11.3. The van der Waals surface area contributed by atoms with Crippen molar-refractivity contribution in [3.8, 4) is 16.4 Å². The van der Waals surface area contributed by atoms with Gasteiger partial charge in [0.15, 0.2) is 5.82 Å². The number of aromatic nitrogens is 3. The van der Waals surface area contributed by atoms with Gasteiger partial charge in [-0.2, -0.15) is 4.98 Å². The van der Waals surface area contributed by atoms with Crippen LogP contribution in [0, 0.1) is 5.82 Å². The van der Waals surface area contributed by atoms with Crippen molar-refractivity contribution in [2.24, 2.45) is 0 Å². The number of benzene rings is 2. The second kappa shape index (κ2) is 8.95. The van der Waals surface area contributed by atoms with Gasteiger partial charge < -0.3 is 10.1 Å². The third-order valence-corrected chi connectivity index (χ3v) is 5.96. The highest BCUT2D eigenvalue weighted by Gasteiger charge is 2.32. The number of esters is 1. The molecule has 5 rings (SSSR count). The van der Waals surface area contributed by atoms with E-state index in [1.54, 1.807) is 36.4 Å². The fraction of sp³-hybridized carbons (Fsp3) is 0.167. The van der Waals surface area contributed by atoms with Gasteiger partial charge in [0.1, 0.15) is 5.82 Å². The van der Waals surface area contributed by atoms with Crippen LogP contribution in [0.25, 0.3) is 16.4 Å². The van der Waals surface area contributed by atoms with Crippen molar-refractivity contribution in [2.75, 3.05) is 0 Å². The van der Waals surface area contributed by atoms with Crippen LogP contribution < -0.4 is 5.32 Å².